The average molecular weight is 186 g/mol. The van der Waals surface area contributed by atoms with Gasteiger partial charge in [-0.05, 0) is 45.8 Å². The molecule has 0 bridgehead atoms. The second-order valence-corrected chi connectivity index (χ2v) is 4.58. The summed E-state index contributed by atoms with van der Waals surface area (Å²) in [5.41, 5.74) is 0.306. The molecule has 0 heterocycles. The highest BCUT2D eigenvalue weighted by Crippen LogP contribution is 2.34. The Morgan fingerprint density at radius 3 is 2.33 bits per heavy atom. The van der Waals surface area contributed by atoms with E-state index in [1.807, 2.05) is 7.05 Å². The van der Waals surface area contributed by atoms with E-state index in [9.17, 15) is 0 Å². The van der Waals surface area contributed by atoms with Crippen LogP contribution >= 0.6 is 12.2 Å². The Morgan fingerprint density at radius 2 is 2.00 bits per heavy atom. The summed E-state index contributed by atoms with van der Waals surface area (Å²) in [6.45, 7) is 6.50. The van der Waals surface area contributed by atoms with Gasteiger partial charge in [0.2, 0.25) is 0 Å². The van der Waals surface area contributed by atoms with Gasteiger partial charge in [0, 0.05) is 18.6 Å². The second-order valence-electron chi connectivity index (χ2n) is 4.20. The van der Waals surface area contributed by atoms with Gasteiger partial charge in [-0.15, -0.1) is 0 Å². The fourth-order valence-electron chi connectivity index (χ4n) is 0.893. The number of nitrogens with zero attached hydrogens (tertiary/aromatic N) is 1. The summed E-state index contributed by atoms with van der Waals surface area (Å²) in [6, 6.07) is 0.479. The van der Waals surface area contributed by atoms with Crippen molar-refractivity contribution in [2.45, 2.75) is 45.2 Å². The minimum absolute atomic E-state index is 0.306. The monoisotopic (exact) mass is 186 g/mol. The zero-order valence-corrected chi connectivity index (χ0v) is 9.16. The van der Waals surface area contributed by atoms with E-state index in [4.69, 9.17) is 12.2 Å². The molecule has 0 amide bonds. The Kier molecular flexibility index (Phi) is 2.61. The van der Waals surface area contributed by atoms with Crippen LogP contribution in [0.15, 0.2) is 0 Å². The highest BCUT2D eigenvalue weighted by atomic mass is 32.1. The largest absolute Gasteiger partial charge is 0.357 e. The Hall–Kier alpha value is -0.310. The molecule has 0 saturated heterocycles. The molecule has 0 aromatic rings. The predicted octanol–water partition coefficient (Wildman–Crippen LogP) is 1.75. The van der Waals surface area contributed by atoms with Crippen LogP contribution in [0.5, 0.6) is 0 Å². The van der Waals surface area contributed by atoms with Crippen molar-refractivity contribution in [2.24, 2.45) is 0 Å². The first-order valence-electron chi connectivity index (χ1n) is 4.49. The van der Waals surface area contributed by atoms with Gasteiger partial charge >= 0.3 is 0 Å². The minimum Gasteiger partial charge on any atom is -0.357 e. The van der Waals surface area contributed by atoms with E-state index in [-0.39, 0.29) is 0 Å². The molecule has 3 heteroatoms. The molecule has 1 aliphatic carbocycles. The lowest BCUT2D eigenvalue weighted by Crippen LogP contribution is -2.45. The fraction of sp³-hybridized carbons (Fsp3) is 0.889. The number of nitrogens with one attached hydrogen (secondary N) is 1. The van der Waals surface area contributed by atoms with Gasteiger partial charge < -0.3 is 10.2 Å². The summed E-state index contributed by atoms with van der Waals surface area (Å²) in [7, 11) is 2.03. The summed E-state index contributed by atoms with van der Waals surface area (Å²) >= 11 is 5.26. The van der Waals surface area contributed by atoms with E-state index in [0.29, 0.717) is 11.6 Å². The first kappa shape index (κ1) is 9.78. The van der Waals surface area contributed by atoms with Crippen molar-refractivity contribution >= 4 is 17.3 Å². The minimum atomic E-state index is 0.306. The Morgan fingerprint density at radius 1 is 1.50 bits per heavy atom. The number of rotatable bonds is 2. The lowest BCUT2D eigenvalue weighted by molar-refractivity contribution is 0.402. The number of hydrogen-bond acceptors (Lipinski definition) is 1. The van der Waals surface area contributed by atoms with E-state index in [1.165, 1.54) is 12.8 Å². The van der Waals surface area contributed by atoms with Crippen molar-refractivity contribution in [3.05, 3.63) is 0 Å². The second kappa shape index (κ2) is 3.21. The summed E-state index contributed by atoms with van der Waals surface area (Å²) in [5, 5.41) is 4.25. The van der Waals surface area contributed by atoms with Crippen LogP contribution in [0.2, 0.25) is 0 Å². The smallest absolute Gasteiger partial charge is 0.169 e. The first-order chi connectivity index (χ1) is 5.44. The van der Waals surface area contributed by atoms with Gasteiger partial charge in [-0.2, -0.15) is 0 Å². The molecular formula is C9H18N2S. The van der Waals surface area contributed by atoms with Gasteiger partial charge in [0.1, 0.15) is 0 Å². The molecule has 1 saturated carbocycles. The van der Waals surface area contributed by atoms with E-state index >= 15 is 0 Å². The van der Waals surface area contributed by atoms with Crippen molar-refractivity contribution < 1.29 is 0 Å². The van der Waals surface area contributed by atoms with Gasteiger partial charge in [0.25, 0.3) is 0 Å². The van der Waals surface area contributed by atoms with E-state index < -0.39 is 0 Å². The molecule has 2 nitrogen and oxygen atoms in total. The van der Waals surface area contributed by atoms with Gasteiger partial charge in [-0.1, -0.05) is 0 Å². The number of thiocarbonyl (C=S) groups is 1. The van der Waals surface area contributed by atoms with Crippen molar-refractivity contribution in [1.29, 1.82) is 0 Å². The van der Waals surface area contributed by atoms with Gasteiger partial charge in [-0.3, -0.25) is 0 Å². The summed E-state index contributed by atoms with van der Waals surface area (Å²) in [4.78, 5) is 2.10. The van der Waals surface area contributed by atoms with Gasteiger partial charge in [-0.25, -0.2) is 0 Å². The maximum absolute atomic E-state index is 5.26. The molecule has 0 aliphatic heterocycles. The molecular weight excluding hydrogens is 168 g/mol. The Bertz CT molecular complexity index is 185. The summed E-state index contributed by atoms with van der Waals surface area (Å²) in [5.74, 6) is 0. The van der Waals surface area contributed by atoms with Gasteiger partial charge in [0.15, 0.2) is 5.11 Å². The predicted molar refractivity (Wildman–Crippen MR) is 56.3 cm³/mol. The molecule has 0 aromatic heterocycles. The zero-order valence-electron chi connectivity index (χ0n) is 8.35. The van der Waals surface area contributed by atoms with E-state index in [1.54, 1.807) is 0 Å². The lowest BCUT2D eigenvalue weighted by atomic mass is 10.3. The maximum atomic E-state index is 5.26. The SMILES string of the molecule is CC(C)N(C)C(=S)NC1(C)CC1. The van der Waals surface area contributed by atoms with Crippen molar-refractivity contribution in [3.63, 3.8) is 0 Å². The summed E-state index contributed by atoms with van der Waals surface area (Å²) in [6.07, 6.45) is 2.50. The molecule has 12 heavy (non-hydrogen) atoms. The average Bonchev–Trinajstić information content (AvgIpc) is 2.66. The maximum Gasteiger partial charge on any atom is 0.169 e. The van der Waals surface area contributed by atoms with Crippen LogP contribution in [-0.4, -0.2) is 28.6 Å². The molecule has 0 radical (unpaired) electrons. The Labute approximate surface area is 80.3 Å². The first-order valence-corrected chi connectivity index (χ1v) is 4.90. The molecule has 1 N–H and O–H groups in total. The highest BCUT2D eigenvalue weighted by molar-refractivity contribution is 7.80. The van der Waals surface area contributed by atoms with Crippen molar-refractivity contribution in [2.75, 3.05) is 7.05 Å². The topological polar surface area (TPSA) is 15.3 Å². The molecule has 1 fully saturated rings. The highest BCUT2D eigenvalue weighted by Gasteiger charge is 2.38. The normalized spacial score (nSPS) is 19.1. The fourth-order valence-corrected chi connectivity index (χ4v) is 1.35. The third-order valence-corrected chi connectivity index (χ3v) is 2.89. The standard InChI is InChI=1S/C9H18N2S/c1-7(2)11(4)8(12)10-9(3)5-6-9/h7H,5-6H2,1-4H3,(H,10,12). The van der Waals surface area contributed by atoms with Crippen LogP contribution in [0.4, 0.5) is 0 Å². The third kappa shape index (κ3) is 2.34. The lowest BCUT2D eigenvalue weighted by Gasteiger charge is -2.27. The third-order valence-electron chi connectivity index (χ3n) is 2.50. The molecule has 0 aromatic carbocycles. The molecule has 0 unspecified atom stereocenters. The van der Waals surface area contributed by atoms with Crippen LogP contribution in [0.1, 0.15) is 33.6 Å². The van der Waals surface area contributed by atoms with Crippen LogP contribution in [-0.2, 0) is 0 Å². The van der Waals surface area contributed by atoms with Crippen LogP contribution in [0.3, 0.4) is 0 Å². The quantitative estimate of drug-likeness (QED) is 0.662. The molecule has 1 aliphatic rings. The summed E-state index contributed by atoms with van der Waals surface area (Å²) < 4.78 is 0. The van der Waals surface area contributed by atoms with Gasteiger partial charge in [0.05, 0.1) is 0 Å². The van der Waals surface area contributed by atoms with Crippen molar-refractivity contribution in [1.82, 2.24) is 10.2 Å². The molecule has 1 rings (SSSR count). The zero-order chi connectivity index (χ0) is 9.35. The number of hydrogen-bond donors (Lipinski definition) is 1. The molecule has 0 atom stereocenters. The van der Waals surface area contributed by atoms with E-state index in [2.05, 4.69) is 31.0 Å². The molecule has 70 valence electrons. The van der Waals surface area contributed by atoms with Crippen LogP contribution in [0, 0.1) is 0 Å². The Balaban J connectivity index is 2.37. The molecule has 0 spiro atoms. The van der Waals surface area contributed by atoms with Crippen LogP contribution < -0.4 is 5.32 Å². The van der Waals surface area contributed by atoms with Crippen LogP contribution in [0.25, 0.3) is 0 Å². The van der Waals surface area contributed by atoms with Crippen molar-refractivity contribution in [3.8, 4) is 0 Å². The van der Waals surface area contributed by atoms with E-state index in [0.717, 1.165) is 5.11 Å².